The van der Waals surface area contributed by atoms with E-state index in [-0.39, 0.29) is 18.7 Å². The number of thiazole rings is 1. The normalized spacial score (nSPS) is 16.1. The number of ether oxygens (including phenoxy) is 1. The van der Waals surface area contributed by atoms with Crippen LogP contribution < -0.4 is 0 Å². The Morgan fingerprint density at radius 2 is 1.83 bits per heavy atom. The fraction of sp³-hybridized carbons (Fsp3) is 0.208. The van der Waals surface area contributed by atoms with Crippen LogP contribution in [0, 0.1) is 0 Å². The van der Waals surface area contributed by atoms with Crippen LogP contribution in [-0.2, 0) is 11.3 Å². The Kier molecular flexibility index (Phi) is 5.15. The Hall–Kier alpha value is -3.25. The third-order valence-corrected chi connectivity index (χ3v) is 6.44. The first-order valence-electron chi connectivity index (χ1n) is 10.1. The van der Waals surface area contributed by atoms with Crippen molar-refractivity contribution in [1.29, 1.82) is 0 Å². The first-order chi connectivity index (χ1) is 14.8. The van der Waals surface area contributed by atoms with Crippen LogP contribution in [0.3, 0.4) is 0 Å². The smallest absolute Gasteiger partial charge is 0.410 e. The van der Waals surface area contributed by atoms with Gasteiger partial charge in [0.05, 0.1) is 6.04 Å². The summed E-state index contributed by atoms with van der Waals surface area (Å²) in [5.74, 6) is 0. The Balaban J connectivity index is 1.40. The molecular weight excluding hydrogens is 394 g/mol. The number of hydrogen-bond donors (Lipinski definition) is 0. The molecule has 2 aromatic carbocycles. The van der Waals surface area contributed by atoms with E-state index in [1.807, 2.05) is 65.7 Å². The van der Waals surface area contributed by atoms with Gasteiger partial charge in [0.2, 0.25) is 0 Å². The lowest BCUT2D eigenvalue weighted by atomic mass is 10.1. The van der Waals surface area contributed by atoms with Gasteiger partial charge in [-0.25, -0.2) is 14.8 Å². The molecule has 0 aliphatic carbocycles. The third-order valence-electron chi connectivity index (χ3n) is 5.38. The van der Waals surface area contributed by atoms with Gasteiger partial charge < -0.3 is 4.74 Å². The molecule has 2 aromatic heterocycles. The Morgan fingerprint density at radius 3 is 2.63 bits per heavy atom. The van der Waals surface area contributed by atoms with Crippen LogP contribution in [0.2, 0.25) is 0 Å². The van der Waals surface area contributed by atoms with Gasteiger partial charge in [-0.05, 0) is 30.0 Å². The van der Waals surface area contributed by atoms with Crippen molar-refractivity contribution in [3.05, 3.63) is 83.5 Å². The largest absolute Gasteiger partial charge is 0.445 e. The van der Waals surface area contributed by atoms with Gasteiger partial charge in [-0.1, -0.05) is 72.0 Å². The van der Waals surface area contributed by atoms with Crippen molar-refractivity contribution in [2.45, 2.75) is 25.5 Å². The predicted octanol–water partition coefficient (Wildman–Crippen LogP) is 5.83. The molecule has 0 bridgehead atoms. The molecule has 1 saturated heterocycles. The van der Waals surface area contributed by atoms with Crippen LogP contribution in [0.1, 0.15) is 29.5 Å². The summed E-state index contributed by atoms with van der Waals surface area (Å²) in [7, 11) is 0. The summed E-state index contributed by atoms with van der Waals surface area (Å²) in [6.07, 6.45) is 3.38. The molecule has 3 heterocycles. The van der Waals surface area contributed by atoms with Crippen molar-refractivity contribution in [3.8, 4) is 11.1 Å². The van der Waals surface area contributed by atoms with Crippen molar-refractivity contribution >= 4 is 27.8 Å². The summed E-state index contributed by atoms with van der Waals surface area (Å²) in [6, 6.07) is 21.9. The van der Waals surface area contributed by atoms with Crippen molar-refractivity contribution in [2.75, 3.05) is 6.54 Å². The van der Waals surface area contributed by atoms with Crippen LogP contribution in [0.25, 0.3) is 21.5 Å². The van der Waals surface area contributed by atoms with Crippen LogP contribution in [0.15, 0.2) is 72.9 Å². The third kappa shape index (κ3) is 3.66. The van der Waals surface area contributed by atoms with E-state index in [1.54, 1.807) is 11.3 Å². The molecule has 5 nitrogen and oxygen atoms in total. The molecule has 5 rings (SSSR count). The molecule has 1 amide bonds. The van der Waals surface area contributed by atoms with E-state index in [2.05, 4.69) is 17.1 Å². The van der Waals surface area contributed by atoms with Crippen molar-refractivity contribution in [2.24, 2.45) is 0 Å². The van der Waals surface area contributed by atoms with Gasteiger partial charge in [-0.15, -0.1) is 0 Å². The van der Waals surface area contributed by atoms with Crippen molar-refractivity contribution < 1.29 is 9.53 Å². The monoisotopic (exact) mass is 415 g/mol. The summed E-state index contributed by atoms with van der Waals surface area (Å²) in [6.45, 7) is 0.968. The minimum absolute atomic E-state index is 0.0592. The van der Waals surface area contributed by atoms with Gasteiger partial charge >= 0.3 is 6.09 Å². The minimum Gasteiger partial charge on any atom is -0.445 e. The number of nitrogens with zero attached hydrogens (tertiary/aromatic N) is 3. The zero-order valence-corrected chi connectivity index (χ0v) is 17.2. The maximum absolute atomic E-state index is 12.8. The molecule has 0 saturated carbocycles. The molecule has 1 unspecified atom stereocenters. The van der Waals surface area contributed by atoms with E-state index in [4.69, 9.17) is 9.72 Å². The molecule has 0 spiro atoms. The average molecular weight is 416 g/mol. The second kappa shape index (κ2) is 8.24. The second-order valence-electron chi connectivity index (χ2n) is 7.32. The number of carbonyl (C=O) groups excluding carboxylic acids is 1. The molecular formula is C24H21N3O2S. The van der Waals surface area contributed by atoms with Crippen molar-refractivity contribution in [1.82, 2.24) is 14.9 Å². The summed E-state index contributed by atoms with van der Waals surface area (Å²) in [5.41, 5.74) is 4.07. The highest BCUT2D eigenvalue weighted by Crippen LogP contribution is 2.38. The number of likely N-dealkylation sites (tertiary alicyclic amines) is 1. The zero-order valence-electron chi connectivity index (χ0n) is 16.4. The second-order valence-corrected chi connectivity index (χ2v) is 8.33. The molecule has 1 aliphatic heterocycles. The molecule has 1 aliphatic rings. The zero-order chi connectivity index (χ0) is 20.3. The van der Waals surface area contributed by atoms with Gasteiger partial charge in [0, 0.05) is 18.3 Å². The number of benzene rings is 2. The highest BCUT2D eigenvalue weighted by atomic mass is 32.1. The number of carbonyl (C=O) groups is 1. The summed E-state index contributed by atoms with van der Waals surface area (Å²) in [4.78, 5) is 24.9. The summed E-state index contributed by atoms with van der Waals surface area (Å²) in [5, 5.41) is 0.926. The Morgan fingerprint density at radius 1 is 1.07 bits per heavy atom. The molecule has 6 heteroatoms. The SMILES string of the molecule is O=C(OCc1ccccc1)N1CCCC1c1nc2c(-c3ccccc3)ccnc2s1. The fourth-order valence-electron chi connectivity index (χ4n) is 3.89. The van der Waals surface area contributed by atoms with E-state index in [0.29, 0.717) is 6.54 Å². The lowest BCUT2D eigenvalue weighted by molar-refractivity contribution is 0.0920. The topological polar surface area (TPSA) is 55.3 Å². The first-order valence-corrected chi connectivity index (χ1v) is 10.9. The number of aromatic nitrogens is 2. The average Bonchev–Trinajstić information content (AvgIpc) is 3.45. The molecule has 1 atom stereocenters. The van der Waals surface area contributed by atoms with Crippen LogP contribution in [0.5, 0.6) is 0 Å². The number of fused-ring (bicyclic) bond motifs is 1. The predicted molar refractivity (Wildman–Crippen MR) is 118 cm³/mol. The van der Waals surface area contributed by atoms with Gasteiger partial charge in [-0.2, -0.15) is 0 Å². The standard InChI is InChI=1S/C24H21N3O2S/c28-24(29-16-17-8-3-1-4-9-17)27-15-7-12-20(27)22-26-21-19(13-14-25-23(21)30-22)18-10-5-2-6-11-18/h1-6,8-11,13-14,20H,7,12,15-16H2. The number of rotatable bonds is 4. The van der Waals surface area contributed by atoms with E-state index in [0.717, 1.165) is 44.9 Å². The molecule has 0 N–H and O–H groups in total. The lowest BCUT2D eigenvalue weighted by Crippen LogP contribution is -2.31. The van der Waals surface area contributed by atoms with Gasteiger partial charge in [0.15, 0.2) is 0 Å². The van der Waals surface area contributed by atoms with E-state index in [9.17, 15) is 4.79 Å². The maximum atomic E-state index is 12.8. The maximum Gasteiger partial charge on any atom is 0.410 e. The van der Waals surface area contributed by atoms with E-state index >= 15 is 0 Å². The van der Waals surface area contributed by atoms with Gasteiger partial charge in [0.25, 0.3) is 0 Å². The van der Waals surface area contributed by atoms with E-state index in [1.165, 1.54) is 0 Å². The number of amides is 1. The molecule has 150 valence electrons. The summed E-state index contributed by atoms with van der Waals surface area (Å²) >= 11 is 1.57. The fourth-order valence-corrected chi connectivity index (χ4v) is 4.97. The van der Waals surface area contributed by atoms with Crippen LogP contribution >= 0.6 is 11.3 Å². The number of hydrogen-bond acceptors (Lipinski definition) is 5. The van der Waals surface area contributed by atoms with Gasteiger partial charge in [-0.3, -0.25) is 4.90 Å². The Bertz CT molecular complexity index is 1160. The molecule has 30 heavy (non-hydrogen) atoms. The first kappa shape index (κ1) is 18.8. The highest BCUT2D eigenvalue weighted by molar-refractivity contribution is 7.18. The quantitative estimate of drug-likeness (QED) is 0.421. The Labute approximate surface area is 179 Å². The minimum atomic E-state index is -0.281. The molecule has 1 fully saturated rings. The lowest BCUT2D eigenvalue weighted by Gasteiger charge is -2.22. The van der Waals surface area contributed by atoms with Crippen LogP contribution in [0.4, 0.5) is 4.79 Å². The molecule has 4 aromatic rings. The molecule has 0 radical (unpaired) electrons. The van der Waals surface area contributed by atoms with Crippen LogP contribution in [-0.4, -0.2) is 27.5 Å². The highest BCUT2D eigenvalue weighted by Gasteiger charge is 2.33. The van der Waals surface area contributed by atoms with Crippen molar-refractivity contribution in [3.63, 3.8) is 0 Å². The van der Waals surface area contributed by atoms with E-state index < -0.39 is 0 Å². The number of pyridine rings is 1. The van der Waals surface area contributed by atoms with Gasteiger partial charge in [0.1, 0.15) is 22.0 Å². The summed E-state index contributed by atoms with van der Waals surface area (Å²) < 4.78 is 5.58.